The van der Waals surface area contributed by atoms with E-state index in [2.05, 4.69) is 4.98 Å². The molecule has 1 fully saturated rings. The Labute approximate surface area is 157 Å². The molecule has 1 aromatic carbocycles. The van der Waals surface area contributed by atoms with E-state index >= 15 is 0 Å². The summed E-state index contributed by atoms with van der Waals surface area (Å²) >= 11 is 0. The second-order valence-electron chi connectivity index (χ2n) is 7.44. The summed E-state index contributed by atoms with van der Waals surface area (Å²) in [4.78, 5) is 20.3. The van der Waals surface area contributed by atoms with Gasteiger partial charge in [-0.1, -0.05) is 12.1 Å². The fraction of sp³-hybridized carbons (Fsp3) is 0.400. The van der Waals surface area contributed by atoms with E-state index in [4.69, 9.17) is 4.74 Å². The monoisotopic (exact) mass is 375 g/mol. The summed E-state index contributed by atoms with van der Waals surface area (Å²) in [6, 6.07) is 9.29. The molecule has 1 aliphatic rings. The standard InChI is InChI=1S/C20H23F2N3O2/c1-20(2,3)27-19(26)25-12-10-24(11-13-25)17-9-5-8-16(23-17)14-6-4-7-15(21)18(14)22/h4-9H,10-13H2,1-3H3. The SMILES string of the molecule is CC(C)(C)OC(=O)N1CCN(c2cccc(-c3cccc(F)c3F)n2)CC1. The highest BCUT2D eigenvalue weighted by molar-refractivity contribution is 5.68. The van der Waals surface area contributed by atoms with E-state index in [0.29, 0.717) is 37.7 Å². The number of hydrogen-bond acceptors (Lipinski definition) is 4. The average Bonchev–Trinajstić information content (AvgIpc) is 2.63. The van der Waals surface area contributed by atoms with Gasteiger partial charge in [-0.3, -0.25) is 0 Å². The van der Waals surface area contributed by atoms with Crippen molar-refractivity contribution in [1.29, 1.82) is 0 Å². The highest BCUT2D eigenvalue weighted by atomic mass is 19.2. The minimum Gasteiger partial charge on any atom is -0.444 e. The van der Waals surface area contributed by atoms with Crippen molar-refractivity contribution in [3.63, 3.8) is 0 Å². The molecular formula is C20H23F2N3O2. The van der Waals surface area contributed by atoms with Crippen molar-refractivity contribution in [3.8, 4) is 11.3 Å². The van der Waals surface area contributed by atoms with Crippen LogP contribution in [0.1, 0.15) is 20.8 Å². The first kappa shape index (κ1) is 19.1. The Hall–Kier alpha value is -2.70. The Balaban J connectivity index is 1.70. The molecule has 5 nitrogen and oxygen atoms in total. The zero-order chi connectivity index (χ0) is 19.6. The number of piperazine rings is 1. The average molecular weight is 375 g/mol. The smallest absolute Gasteiger partial charge is 0.410 e. The lowest BCUT2D eigenvalue weighted by molar-refractivity contribution is 0.0240. The van der Waals surface area contributed by atoms with Crippen LogP contribution in [0.2, 0.25) is 0 Å². The lowest BCUT2D eigenvalue weighted by atomic mass is 10.1. The van der Waals surface area contributed by atoms with Crippen LogP contribution in [0.4, 0.5) is 19.4 Å². The Kier molecular flexibility index (Phi) is 5.30. The molecule has 0 radical (unpaired) electrons. The van der Waals surface area contributed by atoms with E-state index in [0.717, 1.165) is 6.07 Å². The first-order valence-corrected chi connectivity index (χ1v) is 8.89. The zero-order valence-electron chi connectivity index (χ0n) is 15.7. The lowest BCUT2D eigenvalue weighted by Crippen LogP contribution is -2.50. The molecule has 3 rings (SSSR count). The highest BCUT2D eigenvalue weighted by Crippen LogP contribution is 2.25. The van der Waals surface area contributed by atoms with Gasteiger partial charge in [0.2, 0.25) is 0 Å². The summed E-state index contributed by atoms with van der Waals surface area (Å²) in [5, 5.41) is 0. The van der Waals surface area contributed by atoms with Gasteiger partial charge in [0, 0.05) is 31.7 Å². The van der Waals surface area contributed by atoms with E-state index in [9.17, 15) is 13.6 Å². The highest BCUT2D eigenvalue weighted by Gasteiger charge is 2.26. The first-order valence-electron chi connectivity index (χ1n) is 8.89. The summed E-state index contributed by atoms with van der Waals surface area (Å²) in [6.07, 6.45) is -0.328. The summed E-state index contributed by atoms with van der Waals surface area (Å²) in [7, 11) is 0. The van der Waals surface area contributed by atoms with Gasteiger partial charge in [0.1, 0.15) is 11.4 Å². The number of carbonyl (C=O) groups is 1. The molecule has 2 aromatic rings. The zero-order valence-corrected chi connectivity index (χ0v) is 15.7. The van der Waals surface area contributed by atoms with Crippen molar-refractivity contribution in [3.05, 3.63) is 48.0 Å². The predicted molar refractivity (Wildman–Crippen MR) is 99.6 cm³/mol. The molecule has 144 valence electrons. The van der Waals surface area contributed by atoms with Crippen molar-refractivity contribution in [2.45, 2.75) is 26.4 Å². The van der Waals surface area contributed by atoms with Gasteiger partial charge in [-0.2, -0.15) is 0 Å². The van der Waals surface area contributed by atoms with E-state index < -0.39 is 17.2 Å². The summed E-state index contributed by atoms with van der Waals surface area (Å²) in [6.45, 7) is 7.69. The maximum atomic E-state index is 14.0. The molecule has 7 heteroatoms. The number of halogens is 2. The van der Waals surface area contributed by atoms with E-state index in [1.807, 2.05) is 31.7 Å². The van der Waals surface area contributed by atoms with Crippen LogP contribution in [0.5, 0.6) is 0 Å². The third-order valence-electron chi connectivity index (χ3n) is 4.22. The normalized spacial score (nSPS) is 15.0. The Morgan fingerprint density at radius 2 is 1.70 bits per heavy atom. The molecule has 0 saturated carbocycles. The fourth-order valence-corrected chi connectivity index (χ4v) is 2.90. The third kappa shape index (κ3) is 4.53. The van der Waals surface area contributed by atoms with Gasteiger partial charge >= 0.3 is 6.09 Å². The van der Waals surface area contributed by atoms with Crippen molar-refractivity contribution < 1.29 is 18.3 Å². The second-order valence-corrected chi connectivity index (χ2v) is 7.44. The van der Waals surface area contributed by atoms with Crippen LogP contribution in [-0.2, 0) is 4.74 Å². The fourth-order valence-electron chi connectivity index (χ4n) is 2.90. The van der Waals surface area contributed by atoms with Crippen molar-refractivity contribution in [2.75, 3.05) is 31.1 Å². The number of hydrogen-bond donors (Lipinski definition) is 0. The maximum absolute atomic E-state index is 14.0. The summed E-state index contributed by atoms with van der Waals surface area (Å²) in [5.74, 6) is -1.14. The van der Waals surface area contributed by atoms with Gasteiger partial charge < -0.3 is 14.5 Å². The van der Waals surface area contributed by atoms with Gasteiger partial charge in [0.15, 0.2) is 11.6 Å². The number of carbonyl (C=O) groups excluding carboxylic acids is 1. The number of aromatic nitrogens is 1. The topological polar surface area (TPSA) is 45.7 Å². The van der Waals surface area contributed by atoms with Crippen LogP contribution in [0.3, 0.4) is 0 Å². The number of ether oxygens (including phenoxy) is 1. The van der Waals surface area contributed by atoms with E-state index in [1.54, 1.807) is 17.0 Å². The molecule has 0 atom stereocenters. The predicted octanol–water partition coefficient (Wildman–Crippen LogP) is 4.08. The molecule has 1 aliphatic heterocycles. The summed E-state index contributed by atoms with van der Waals surface area (Å²) in [5.41, 5.74) is -0.0256. The second kappa shape index (κ2) is 7.50. The van der Waals surface area contributed by atoms with E-state index in [1.165, 1.54) is 12.1 Å². The quantitative estimate of drug-likeness (QED) is 0.793. The van der Waals surface area contributed by atoms with Gasteiger partial charge in [-0.05, 0) is 45.0 Å². The number of benzene rings is 1. The van der Waals surface area contributed by atoms with Crippen LogP contribution in [-0.4, -0.2) is 47.8 Å². The van der Waals surface area contributed by atoms with Gasteiger partial charge in [0.05, 0.1) is 5.69 Å². The van der Waals surface area contributed by atoms with Crippen LogP contribution in [0.25, 0.3) is 11.3 Å². The van der Waals surface area contributed by atoms with Crippen molar-refractivity contribution in [1.82, 2.24) is 9.88 Å². The van der Waals surface area contributed by atoms with Crippen LogP contribution in [0.15, 0.2) is 36.4 Å². The summed E-state index contributed by atoms with van der Waals surface area (Å²) < 4.78 is 32.9. The van der Waals surface area contributed by atoms with Crippen LogP contribution < -0.4 is 4.90 Å². The molecule has 27 heavy (non-hydrogen) atoms. The Bertz CT molecular complexity index is 828. The minimum atomic E-state index is -0.906. The third-order valence-corrected chi connectivity index (χ3v) is 4.22. The molecule has 0 aliphatic carbocycles. The molecule has 0 unspecified atom stereocenters. The van der Waals surface area contributed by atoms with Crippen molar-refractivity contribution in [2.24, 2.45) is 0 Å². The maximum Gasteiger partial charge on any atom is 0.410 e. The molecule has 0 N–H and O–H groups in total. The van der Waals surface area contributed by atoms with Gasteiger partial charge in [-0.15, -0.1) is 0 Å². The molecule has 2 heterocycles. The molecule has 1 saturated heterocycles. The number of rotatable bonds is 2. The first-order chi connectivity index (χ1) is 12.7. The Morgan fingerprint density at radius 3 is 2.37 bits per heavy atom. The number of nitrogens with zero attached hydrogens (tertiary/aromatic N) is 3. The van der Waals surface area contributed by atoms with E-state index in [-0.39, 0.29) is 11.7 Å². The van der Waals surface area contributed by atoms with Crippen molar-refractivity contribution >= 4 is 11.9 Å². The minimum absolute atomic E-state index is 0.129. The molecule has 0 spiro atoms. The molecule has 0 bridgehead atoms. The number of amides is 1. The van der Waals surface area contributed by atoms with Crippen LogP contribution in [0, 0.1) is 11.6 Å². The lowest BCUT2D eigenvalue weighted by Gasteiger charge is -2.36. The number of pyridine rings is 1. The number of anilines is 1. The molecular weight excluding hydrogens is 352 g/mol. The Morgan fingerprint density at radius 1 is 1.04 bits per heavy atom. The molecule has 1 amide bonds. The van der Waals surface area contributed by atoms with Gasteiger partial charge in [0.25, 0.3) is 0 Å². The van der Waals surface area contributed by atoms with Crippen LogP contribution >= 0.6 is 0 Å². The largest absolute Gasteiger partial charge is 0.444 e. The molecule has 1 aromatic heterocycles. The van der Waals surface area contributed by atoms with Gasteiger partial charge in [-0.25, -0.2) is 18.6 Å².